The molecule has 22 heavy (non-hydrogen) atoms. The first-order chi connectivity index (χ1) is 10.7. The average Bonchev–Trinajstić information content (AvgIpc) is 2.58. The van der Waals surface area contributed by atoms with E-state index >= 15 is 0 Å². The SMILES string of the molecule is Nc1ccc(CN2CCN(c3ccc(CO)cc3)CC2)cn1. The molecule has 2 heterocycles. The lowest BCUT2D eigenvalue weighted by molar-refractivity contribution is 0.249. The molecule has 1 aliphatic heterocycles. The van der Waals surface area contributed by atoms with Crippen molar-refractivity contribution in [1.29, 1.82) is 0 Å². The van der Waals surface area contributed by atoms with Crippen LogP contribution in [0.1, 0.15) is 11.1 Å². The fourth-order valence-electron chi connectivity index (χ4n) is 2.76. The number of nitrogen functional groups attached to an aromatic ring is 1. The molecule has 0 atom stereocenters. The Labute approximate surface area is 131 Å². The van der Waals surface area contributed by atoms with Crippen molar-refractivity contribution in [3.8, 4) is 0 Å². The van der Waals surface area contributed by atoms with Gasteiger partial charge in [0.15, 0.2) is 0 Å². The number of hydrogen-bond acceptors (Lipinski definition) is 5. The van der Waals surface area contributed by atoms with E-state index in [9.17, 15) is 0 Å². The van der Waals surface area contributed by atoms with E-state index in [2.05, 4.69) is 26.9 Å². The highest BCUT2D eigenvalue weighted by molar-refractivity contribution is 5.48. The normalized spacial score (nSPS) is 16.0. The van der Waals surface area contributed by atoms with Gasteiger partial charge in [-0.05, 0) is 29.3 Å². The smallest absolute Gasteiger partial charge is 0.123 e. The van der Waals surface area contributed by atoms with Crippen LogP contribution in [0.3, 0.4) is 0 Å². The topological polar surface area (TPSA) is 65.6 Å². The fourth-order valence-corrected chi connectivity index (χ4v) is 2.76. The van der Waals surface area contributed by atoms with Crippen LogP contribution in [0.4, 0.5) is 11.5 Å². The van der Waals surface area contributed by atoms with Crippen molar-refractivity contribution in [1.82, 2.24) is 9.88 Å². The molecule has 1 saturated heterocycles. The second-order valence-corrected chi connectivity index (χ2v) is 5.68. The predicted octanol–water partition coefficient (Wildman–Crippen LogP) is 1.48. The van der Waals surface area contributed by atoms with E-state index in [0.29, 0.717) is 5.82 Å². The van der Waals surface area contributed by atoms with Gasteiger partial charge >= 0.3 is 0 Å². The monoisotopic (exact) mass is 298 g/mol. The molecule has 0 amide bonds. The molecular weight excluding hydrogens is 276 g/mol. The van der Waals surface area contributed by atoms with E-state index in [1.165, 1.54) is 11.3 Å². The van der Waals surface area contributed by atoms with E-state index in [-0.39, 0.29) is 6.61 Å². The van der Waals surface area contributed by atoms with Crippen LogP contribution < -0.4 is 10.6 Å². The third-order valence-electron chi connectivity index (χ3n) is 4.11. The van der Waals surface area contributed by atoms with Gasteiger partial charge in [0.25, 0.3) is 0 Å². The average molecular weight is 298 g/mol. The first kappa shape index (κ1) is 14.8. The van der Waals surface area contributed by atoms with Gasteiger partial charge in [0.05, 0.1) is 6.61 Å². The summed E-state index contributed by atoms with van der Waals surface area (Å²) in [6.45, 7) is 5.12. The van der Waals surface area contributed by atoms with Gasteiger partial charge in [0.1, 0.15) is 5.82 Å². The lowest BCUT2D eigenvalue weighted by Crippen LogP contribution is -2.45. The zero-order valence-electron chi connectivity index (χ0n) is 12.7. The van der Waals surface area contributed by atoms with Gasteiger partial charge in [-0.3, -0.25) is 4.90 Å². The van der Waals surface area contributed by atoms with Crippen molar-refractivity contribution in [2.45, 2.75) is 13.2 Å². The molecule has 5 heteroatoms. The molecule has 0 aliphatic carbocycles. The zero-order chi connectivity index (χ0) is 15.4. The standard InChI is InChI=1S/C17H22N4O/c18-17-6-3-15(11-19-17)12-20-7-9-21(10-8-20)16-4-1-14(13-22)2-5-16/h1-6,11,22H,7-10,12-13H2,(H2,18,19). The maximum Gasteiger partial charge on any atom is 0.123 e. The molecule has 0 radical (unpaired) electrons. The fraction of sp³-hybridized carbons (Fsp3) is 0.353. The van der Waals surface area contributed by atoms with E-state index in [4.69, 9.17) is 10.8 Å². The van der Waals surface area contributed by atoms with Crippen LogP contribution in [-0.4, -0.2) is 41.2 Å². The summed E-state index contributed by atoms with van der Waals surface area (Å²) >= 11 is 0. The first-order valence-electron chi connectivity index (χ1n) is 7.62. The number of rotatable bonds is 4. The second-order valence-electron chi connectivity index (χ2n) is 5.68. The predicted molar refractivity (Wildman–Crippen MR) is 88.5 cm³/mol. The Kier molecular flexibility index (Phi) is 4.56. The molecular formula is C17H22N4O. The van der Waals surface area contributed by atoms with E-state index < -0.39 is 0 Å². The summed E-state index contributed by atoms with van der Waals surface area (Å²) in [5.74, 6) is 0.569. The number of nitrogens with two attached hydrogens (primary N) is 1. The first-order valence-corrected chi connectivity index (χ1v) is 7.62. The molecule has 1 aromatic heterocycles. The van der Waals surface area contributed by atoms with Crippen molar-refractivity contribution >= 4 is 11.5 Å². The molecule has 1 fully saturated rings. The lowest BCUT2D eigenvalue weighted by Gasteiger charge is -2.36. The van der Waals surface area contributed by atoms with Crippen LogP contribution in [0.2, 0.25) is 0 Å². The Hall–Kier alpha value is -2.11. The summed E-state index contributed by atoms with van der Waals surface area (Å²) < 4.78 is 0. The Bertz CT molecular complexity index is 589. The molecule has 0 spiro atoms. The number of nitrogens with zero attached hydrogens (tertiary/aromatic N) is 3. The summed E-state index contributed by atoms with van der Waals surface area (Å²) in [7, 11) is 0. The van der Waals surface area contributed by atoms with Gasteiger partial charge < -0.3 is 15.7 Å². The van der Waals surface area contributed by atoms with Crippen LogP contribution in [0.5, 0.6) is 0 Å². The molecule has 1 aromatic carbocycles. The van der Waals surface area contributed by atoms with Crippen molar-refractivity contribution in [2.75, 3.05) is 36.8 Å². The third kappa shape index (κ3) is 3.55. The number of hydrogen-bond donors (Lipinski definition) is 2. The van der Waals surface area contributed by atoms with E-state index in [1.807, 2.05) is 30.5 Å². The highest BCUT2D eigenvalue weighted by Gasteiger charge is 2.17. The van der Waals surface area contributed by atoms with Gasteiger partial charge in [-0.2, -0.15) is 0 Å². The van der Waals surface area contributed by atoms with Gasteiger partial charge in [-0.1, -0.05) is 18.2 Å². The summed E-state index contributed by atoms with van der Waals surface area (Å²) in [5.41, 5.74) is 9.00. The minimum atomic E-state index is 0.101. The molecule has 116 valence electrons. The van der Waals surface area contributed by atoms with Crippen LogP contribution in [-0.2, 0) is 13.2 Å². The van der Waals surface area contributed by atoms with Crippen molar-refractivity contribution in [3.63, 3.8) is 0 Å². The quantitative estimate of drug-likeness (QED) is 0.895. The summed E-state index contributed by atoms with van der Waals surface area (Å²) in [6, 6.07) is 12.1. The number of benzene rings is 1. The van der Waals surface area contributed by atoms with Gasteiger partial charge in [0, 0.05) is 44.6 Å². The van der Waals surface area contributed by atoms with Crippen molar-refractivity contribution < 1.29 is 5.11 Å². The van der Waals surface area contributed by atoms with Crippen molar-refractivity contribution in [2.24, 2.45) is 0 Å². The molecule has 3 N–H and O–H groups in total. The molecule has 5 nitrogen and oxygen atoms in total. The van der Waals surface area contributed by atoms with Gasteiger partial charge in [0.2, 0.25) is 0 Å². The minimum absolute atomic E-state index is 0.101. The number of piperazine rings is 1. The van der Waals surface area contributed by atoms with Gasteiger partial charge in [-0.25, -0.2) is 4.98 Å². The molecule has 0 saturated carbocycles. The van der Waals surface area contributed by atoms with Gasteiger partial charge in [-0.15, -0.1) is 0 Å². The molecule has 0 unspecified atom stereocenters. The lowest BCUT2D eigenvalue weighted by atomic mass is 10.2. The van der Waals surface area contributed by atoms with Crippen molar-refractivity contribution in [3.05, 3.63) is 53.7 Å². The Balaban J connectivity index is 1.54. The number of aliphatic hydroxyl groups excluding tert-OH is 1. The van der Waals surface area contributed by atoms with E-state index in [0.717, 1.165) is 38.3 Å². The zero-order valence-corrected chi connectivity index (χ0v) is 12.7. The maximum atomic E-state index is 9.10. The second kappa shape index (κ2) is 6.77. The maximum absolute atomic E-state index is 9.10. The molecule has 1 aliphatic rings. The number of aromatic nitrogens is 1. The largest absolute Gasteiger partial charge is 0.392 e. The number of anilines is 2. The Morgan fingerprint density at radius 1 is 0.955 bits per heavy atom. The number of aliphatic hydroxyl groups is 1. The van der Waals surface area contributed by atoms with Crippen LogP contribution >= 0.6 is 0 Å². The highest BCUT2D eigenvalue weighted by Crippen LogP contribution is 2.18. The Morgan fingerprint density at radius 3 is 2.23 bits per heavy atom. The van der Waals surface area contributed by atoms with Crippen LogP contribution in [0, 0.1) is 0 Å². The van der Waals surface area contributed by atoms with E-state index in [1.54, 1.807) is 0 Å². The summed E-state index contributed by atoms with van der Waals surface area (Å²) in [6.07, 6.45) is 1.86. The highest BCUT2D eigenvalue weighted by atomic mass is 16.3. The third-order valence-corrected chi connectivity index (χ3v) is 4.11. The Morgan fingerprint density at radius 2 is 1.64 bits per heavy atom. The van der Waals surface area contributed by atoms with Crippen LogP contribution in [0.25, 0.3) is 0 Å². The summed E-state index contributed by atoms with van der Waals surface area (Å²) in [4.78, 5) is 8.97. The van der Waals surface area contributed by atoms with Crippen LogP contribution in [0.15, 0.2) is 42.6 Å². The minimum Gasteiger partial charge on any atom is -0.392 e. The molecule has 2 aromatic rings. The summed E-state index contributed by atoms with van der Waals surface area (Å²) in [5, 5.41) is 9.10. The molecule has 0 bridgehead atoms. The number of pyridine rings is 1. The molecule has 3 rings (SSSR count).